The van der Waals surface area contributed by atoms with Gasteiger partial charge < -0.3 is 19.1 Å². The number of esters is 1. The van der Waals surface area contributed by atoms with Crippen molar-refractivity contribution in [2.75, 3.05) is 26.7 Å². The van der Waals surface area contributed by atoms with Crippen molar-refractivity contribution in [3.8, 4) is 0 Å². The summed E-state index contributed by atoms with van der Waals surface area (Å²) in [5, 5.41) is 1.28. The van der Waals surface area contributed by atoms with Crippen LogP contribution in [0.4, 0.5) is 4.79 Å². The number of rotatable bonds is 6. The van der Waals surface area contributed by atoms with E-state index in [9.17, 15) is 9.59 Å². The van der Waals surface area contributed by atoms with Crippen LogP contribution < -0.4 is 0 Å². The Bertz CT molecular complexity index is 1170. The molecule has 6 nitrogen and oxygen atoms in total. The normalized spacial score (nSPS) is 17.6. The van der Waals surface area contributed by atoms with Crippen LogP contribution in [0, 0.1) is 0 Å². The van der Waals surface area contributed by atoms with Gasteiger partial charge in [0.2, 0.25) is 0 Å². The highest BCUT2D eigenvalue weighted by atomic mass is 16.5. The minimum absolute atomic E-state index is 0.106. The van der Waals surface area contributed by atoms with Crippen molar-refractivity contribution in [3.63, 3.8) is 0 Å². The lowest BCUT2D eigenvalue weighted by Gasteiger charge is -2.42. The second-order valence-electron chi connectivity index (χ2n) is 8.89. The number of hydrogen-bond acceptors (Lipinski definition) is 3. The molecule has 32 heavy (non-hydrogen) atoms. The number of urea groups is 1. The third-order valence-corrected chi connectivity index (χ3v) is 6.66. The quantitative estimate of drug-likeness (QED) is 0.423. The Balaban J connectivity index is 1.46. The third-order valence-electron chi connectivity index (χ3n) is 6.66. The van der Waals surface area contributed by atoms with E-state index in [4.69, 9.17) is 4.74 Å². The average molecular weight is 432 g/mol. The molecule has 0 saturated carbocycles. The fourth-order valence-electron chi connectivity index (χ4n) is 5.06. The smallest absolute Gasteiger partial charge is 0.338 e. The number of nitrogens with zero attached hydrogens (tertiary/aromatic N) is 3. The van der Waals surface area contributed by atoms with E-state index in [1.807, 2.05) is 41.1 Å². The number of hydrogen-bond donors (Lipinski definition) is 0. The standard InChI is InChI=1S/C26H29N3O3/c1-3-4-13-32-25(30)19-11-9-18(10-12-19)14-29-22-8-6-5-7-21(22)24-20-15-27(2)26(31)28(16-20)17-23(24)29/h5-12,20H,3-4,13-17H2,1-2H3. The van der Waals surface area contributed by atoms with Crippen LogP contribution in [0.15, 0.2) is 48.5 Å². The molecule has 2 aliphatic heterocycles. The maximum absolute atomic E-state index is 12.6. The topological polar surface area (TPSA) is 54.8 Å². The second-order valence-corrected chi connectivity index (χ2v) is 8.89. The summed E-state index contributed by atoms with van der Waals surface area (Å²) in [5.41, 5.74) is 5.51. The number of fused-ring (bicyclic) bond motifs is 6. The predicted octanol–water partition coefficient (Wildman–Crippen LogP) is 4.61. The minimum Gasteiger partial charge on any atom is -0.462 e. The van der Waals surface area contributed by atoms with Crippen LogP contribution in [0.1, 0.15) is 52.9 Å². The zero-order chi connectivity index (χ0) is 22.2. The number of carbonyl (C=O) groups excluding carboxylic acids is 2. The summed E-state index contributed by atoms with van der Waals surface area (Å²) in [5.74, 6) is 0.0601. The third kappa shape index (κ3) is 3.53. The molecule has 0 aliphatic carbocycles. The Morgan fingerprint density at radius 1 is 1.09 bits per heavy atom. The van der Waals surface area contributed by atoms with E-state index in [1.165, 1.54) is 22.2 Å². The lowest BCUT2D eigenvalue weighted by atomic mass is 9.90. The average Bonchev–Trinajstić information content (AvgIpc) is 3.12. The molecule has 1 unspecified atom stereocenters. The first-order valence-electron chi connectivity index (χ1n) is 11.4. The van der Waals surface area contributed by atoms with E-state index >= 15 is 0 Å². The van der Waals surface area contributed by atoms with Crippen molar-refractivity contribution in [3.05, 3.63) is 70.9 Å². The molecular weight excluding hydrogens is 402 g/mol. The molecule has 6 heteroatoms. The Hall–Kier alpha value is -3.28. The highest BCUT2D eigenvalue weighted by Gasteiger charge is 2.38. The van der Waals surface area contributed by atoms with E-state index in [0.717, 1.165) is 31.5 Å². The summed E-state index contributed by atoms with van der Waals surface area (Å²) in [6.07, 6.45) is 1.88. The number of carbonyl (C=O) groups is 2. The molecule has 0 radical (unpaired) electrons. The first-order chi connectivity index (χ1) is 15.6. The maximum atomic E-state index is 12.6. The zero-order valence-corrected chi connectivity index (χ0v) is 18.7. The molecule has 1 atom stereocenters. The number of amides is 2. The van der Waals surface area contributed by atoms with Gasteiger partial charge in [-0.2, -0.15) is 0 Å². The van der Waals surface area contributed by atoms with Crippen molar-refractivity contribution in [2.24, 2.45) is 0 Å². The Morgan fingerprint density at radius 2 is 1.88 bits per heavy atom. The highest BCUT2D eigenvalue weighted by Crippen LogP contribution is 2.40. The second kappa shape index (κ2) is 8.34. The molecule has 2 aromatic carbocycles. The molecule has 2 aliphatic rings. The van der Waals surface area contributed by atoms with Crippen molar-refractivity contribution in [1.82, 2.24) is 14.4 Å². The van der Waals surface area contributed by atoms with Crippen LogP contribution in [0.5, 0.6) is 0 Å². The molecule has 166 valence electrons. The summed E-state index contributed by atoms with van der Waals surface area (Å²) >= 11 is 0. The zero-order valence-electron chi connectivity index (χ0n) is 18.7. The van der Waals surface area contributed by atoms with Crippen molar-refractivity contribution >= 4 is 22.9 Å². The van der Waals surface area contributed by atoms with Crippen LogP contribution in [-0.2, 0) is 17.8 Å². The van der Waals surface area contributed by atoms with E-state index in [0.29, 0.717) is 31.2 Å². The molecule has 3 heterocycles. The molecule has 1 saturated heterocycles. The van der Waals surface area contributed by atoms with Crippen LogP contribution >= 0.6 is 0 Å². The Kier molecular flexibility index (Phi) is 5.37. The van der Waals surface area contributed by atoms with Gasteiger partial charge in [0, 0.05) is 49.2 Å². The summed E-state index contributed by atoms with van der Waals surface area (Å²) in [6.45, 7) is 5.41. The molecule has 0 spiro atoms. The highest BCUT2D eigenvalue weighted by molar-refractivity contribution is 5.90. The van der Waals surface area contributed by atoms with Gasteiger partial charge in [0.1, 0.15) is 0 Å². The number of ether oxygens (including phenoxy) is 1. The van der Waals surface area contributed by atoms with Gasteiger partial charge in [0.15, 0.2) is 0 Å². The van der Waals surface area contributed by atoms with Gasteiger partial charge in [-0.1, -0.05) is 43.7 Å². The molecule has 1 aromatic heterocycles. The molecular formula is C26H29N3O3. The predicted molar refractivity (Wildman–Crippen MR) is 124 cm³/mol. The molecule has 3 aromatic rings. The minimum atomic E-state index is -0.267. The monoisotopic (exact) mass is 431 g/mol. The fourth-order valence-corrected chi connectivity index (χ4v) is 5.06. The molecule has 2 amide bonds. The van der Waals surface area contributed by atoms with Gasteiger partial charge in [0.25, 0.3) is 0 Å². The summed E-state index contributed by atoms with van der Waals surface area (Å²) in [6, 6.07) is 16.3. The van der Waals surface area contributed by atoms with Crippen molar-refractivity contribution in [1.29, 1.82) is 0 Å². The fraction of sp³-hybridized carbons (Fsp3) is 0.385. The van der Waals surface area contributed by atoms with Gasteiger partial charge >= 0.3 is 12.0 Å². The lowest BCUT2D eigenvalue weighted by Crippen LogP contribution is -2.53. The van der Waals surface area contributed by atoms with E-state index in [2.05, 4.69) is 35.8 Å². The van der Waals surface area contributed by atoms with Crippen molar-refractivity contribution < 1.29 is 14.3 Å². The van der Waals surface area contributed by atoms with Crippen LogP contribution in [-0.4, -0.2) is 53.1 Å². The van der Waals surface area contributed by atoms with Crippen molar-refractivity contribution in [2.45, 2.75) is 38.8 Å². The number of benzene rings is 2. The van der Waals surface area contributed by atoms with Gasteiger partial charge in [0.05, 0.1) is 18.7 Å². The van der Waals surface area contributed by atoms with E-state index in [1.54, 1.807) is 0 Å². The maximum Gasteiger partial charge on any atom is 0.338 e. The lowest BCUT2D eigenvalue weighted by molar-refractivity contribution is 0.0499. The van der Waals surface area contributed by atoms with Gasteiger partial charge in [-0.25, -0.2) is 9.59 Å². The first kappa shape index (κ1) is 20.6. The summed E-state index contributed by atoms with van der Waals surface area (Å²) < 4.78 is 7.67. The first-order valence-corrected chi connectivity index (χ1v) is 11.4. The SMILES string of the molecule is CCCCOC(=O)c1ccc(Cn2c3c(c4ccccc42)C2CN(C)C(=O)N(C3)C2)cc1. The largest absolute Gasteiger partial charge is 0.462 e. The van der Waals surface area contributed by atoms with Crippen LogP contribution in [0.2, 0.25) is 0 Å². The molecule has 1 fully saturated rings. The number of aromatic nitrogens is 1. The number of unbranched alkanes of at least 4 members (excludes halogenated alkanes) is 1. The number of likely N-dealkylation sites (N-methyl/N-ethyl adjacent to an activating group) is 1. The van der Waals surface area contributed by atoms with Gasteiger partial charge in [-0.3, -0.25) is 0 Å². The Morgan fingerprint density at radius 3 is 2.66 bits per heavy atom. The number of para-hydroxylation sites is 1. The van der Waals surface area contributed by atoms with Crippen LogP contribution in [0.3, 0.4) is 0 Å². The van der Waals surface area contributed by atoms with E-state index < -0.39 is 0 Å². The summed E-state index contributed by atoms with van der Waals surface area (Å²) in [7, 11) is 1.89. The van der Waals surface area contributed by atoms with Gasteiger partial charge in [-0.05, 0) is 35.7 Å². The van der Waals surface area contributed by atoms with Gasteiger partial charge in [-0.15, -0.1) is 0 Å². The van der Waals surface area contributed by atoms with E-state index in [-0.39, 0.29) is 12.0 Å². The molecule has 0 N–H and O–H groups in total. The molecule has 5 rings (SSSR count). The Labute approximate surface area is 188 Å². The van der Waals surface area contributed by atoms with Crippen LogP contribution in [0.25, 0.3) is 10.9 Å². The summed E-state index contributed by atoms with van der Waals surface area (Å²) in [4.78, 5) is 28.6. The molecule has 2 bridgehead atoms.